The number of hydrogen-bond acceptors (Lipinski definition) is 1. The van der Waals surface area contributed by atoms with Gasteiger partial charge in [0.1, 0.15) is 0 Å². The van der Waals surface area contributed by atoms with Crippen LogP contribution in [0, 0.1) is 0 Å². The molecule has 0 aliphatic carbocycles. The average molecular weight is 296 g/mol. The van der Waals surface area contributed by atoms with Crippen molar-refractivity contribution in [2.24, 2.45) is 0 Å². The summed E-state index contributed by atoms with van der Waals surface area (Å²) in [7, 11) is 0. The molecule has 1 aliphatic rings. The van der Waals surface area contributed by atoms with Crippen LogP contribution in [-0.4, -0.2) is 15.0 Å². The molecule has 0 saturated heterocycles. The van der Waals surface area contributed by atoms with Gasteiger partial charge in [-0.3, -0.25) is 0 Å². The predicted molar refractivity (Wildman–Crippen MR) is 78.7 cm³/mol. The first-order valence-corrected chi connectivity index (χ1v) is 7.69. The Morgan fingerprint density at radius 2 is 1.56 bits per heavy atom. The molecule has 18 heavy (non-hydrogen) atoms. The monoisotopic (exact) mass is 297 g/mol. The van der Waals surface area contributed by atoms with Gasteiger partial charge in [0.15, 0.2) is 0 Å². The Labute approximate surface area is 112 Å². The number of anilines is 2. The van der Waals surface area contributed by atoms with E-state index in [0.717, 1.165) is 0 Å². The molecule has 0 amide bonds. The molecule has 0 saturated carbocycles. The molecule has 1 nitrogen and oxygen atoms in total. The number of rotatable bonds is 0. The Morgan fingerprint density at radius 3 is 2.56 bits per heavy atom. The number of hydrogen-bond donors (Lipinski definition) is 1. The van der Waals surface area contributed by atoms with Gasteiger partial charge in [-0.15, -0.1) is 0 Å². The summed E-state index contributed by atoms with van der Waals surface area (Å²) < 4.78 is 2.88. The van der Waals surface area contributed by atoms with Crippen molar-refractivity contribution >= 4 is 46.0 Å². The van der Waals surface area contributed by atoms with Crippen molar-refractivity contribution in [1.29, 1.82) is 0 Å². The Morgan fingerprint density at radius 1 is 0.722 bits per heavy atom. The third kappa shape index (κ3) is 1.47. The van der Waals surface area contributed by atoms with E-state index < -0.39 is 0 Å². The van der Waals surface area contributed by atoms with Crippen LogP contribution in [0.1, 0.15) is 0 Å². The van der Waals surface area contributed by atoms with Crippen molar-refractivity contribution < 1.29 is 0 Å². The molecule has 3 aromatic carbocycles. The summed E-state index contributed by atoms with van der Waals surface area (Å²) >= 11 is 0.404. The second-order valence-electron chi connectivity index (χ2n) is 4.38. The second kappa shape index (κ2) is 3.87. The summed E-state index contributed by atoms with van der Waals surface area (Å²) in [6.45, 7) is 0. The van der Waals surface area contributed by atoms with Crippen molar-refractivity contribution in [2.45, 2.75) is 0 Å². The summed E-state index contributed by atoms with van der Waals surface area (Å²) in [6.07, 6.45) is 0. The molecule has 1 aliphatic heterocycles. The Kier molecular flexibility index (Phi) is 2.19. The van der Waals surface area contributed by atoms with E-state index in [4.69, 9.17) is 0 Å². The van der Waals surface area contributed by atoms with Crippen LogP contribution < -0.4 is 14.2 Å². The summed E-state index contributed by atoms with van der Waals surface area (Å²) in [6, 6.07) is 21.7. The molecular formula is C16H11NSe. The van der Waals surface area contributed by atoms with Crippen LogP contribution in [0.3, 0.4) is 0 Å². The predicted octanol–water partition coefficient (Wildman–Crippen LogP) is 2.55. The molecule has 0 spiro atoms. The topological polar surface area (TPSA) is 12.0 Å². The van der Waals surface area contributed by atoms with Crippen LogP contribution >= 0.6 is 0 Å². The second-order valence-corrected chi connectivity index (χ2v) is 6.66. The molecule has 4 rings (SSSR count). The third-order valence-corrected chi connectivity index (χ3v) is 5.64. The Hall–Kier alpha value is -1.76. The van der Waals surface area contributed by atoms with Crippen molar-refractivity contribution in [3.05, 3.63) is 60.7 Å². The molecule has 0 atom stereocenters. The minimum atomic E-state index is 0.404. The van der Waals surface area contributed by atoms with E-state index >= 15 is 0 Å². The number of nitrogens with one attached hydrogen (secondary N) is 1. The van der Waals surface area contributed by atoms with Crippen molar-refractivity contribution in [2.75, 3.05) is 5.32 Å². The molecule has 0 unspecified atom stereocenters. The van der Waals surface area contributed by atoms with Crippen LogP contribution in [-0.2, 0) is 0 Å². The molecule has 0 bridgehead atoms. The summed E-state index contributed by atoms with van der Waals surface area (Å²) in [5.74, 6) is 0. The first-order valence-electron chi connectivity index (χ1n) is 5.97. The SMILES string of the molecule is c1ccc2c(c1)Nc1c(ccc3ccccc13)[Se]2. The number of para-hydroxylation sites is 1. The van der Waals surface area contributed by atoms with Gasteiger partial charge in [0.25, 0.3) is 0 Å². The first kappa shape index (κ1) is 10.2. The molecule has 0 fully saturated rings. The van der Waals surface area contributed by atoms with Gasteiger partial charge in [-0.2, -0.15) is 0 Å². The van der Waals surface area contributed by atoms with E-state index in [1.165, 1.54) is 31.1 Å². The number of fused-ring (bicyclic) bond motifs is 4. The van der Waals surface area contributed by atoms with Gasteiger partial charge in [0.2, 0.25) is 0 Å². The summed E-state index contributed by atoms with van der Waals surface area (Å²) in [5, 5.41) is 6.23. The van der Waals surface area contributed by atoms with E-state index in [0.29, 0.717) is 15.0 Å². The van der Waals surface area contributed by atoms with Crippen LogP contribution in [0.25, 0.3) is 10.8 Å². The molecule has 2 heteroatoms. The first-order chi connectivity index (χ1) is 8.92. The van der Waals surface area contributed by atoms with Gasteiger partial charge >= 0.3 is 112 Å². The van der Waals surface area contributed by atoms with E-state index in [1.807, 2.05) is 0 Å². The van der Waals surface area contributed by atoms with Gasteiger partial charge in [-0.25, -0.2) is 0 Å². The van der Waals surface area contributed by atoms with E-state index in [9.17, 15) is 0 Å². The van der Waals surface area contributed by atoms with Crippen LogP contribution in [0.5, 0.6) is 0 Å². The van der Waals surface area contributed by atoms with E-state index in [-0.39, 0.29) is 0 Å². The zero-order valence-corrected chi connectivity index (χ0v) is 11.4. The van der Waals surface area contributed by atoms with E-state index in [1.54, 1.807) is 0 Å². The zero-order chi connectivity index (χ0) is 11.9. The maximum atomic E-state index is 3.60. The van der Waals surface area contributed by atoms with Gasteiger partial charge in [-0.1, -0.05) is 0 Å². The van der Waals surface area contributed by atoms with Crippen molar-refractivity contribution in [3.63, 3.8) is 0 Å². The Balaban J connectivity index is 1.98. The number of benzene rings is 3. The van der Waals surface area contributed by atoms with Crippen molar-refractivity contribution in [3.8, 4) is 0 Å². The maximum absolute atomic E-state index is 3.60. The third-order valence-electron chi connectivity index (χ3n) is 3.26. The minimum absolute atomic E-state index is 0.404. The molecule has 0 radical (unpaired) electrons. The van der Waals surface area contributed by atoms with Gasteiger partial charge in [0, 0.05) is 0 Å². The molecule has 86 valence electrons. The molecular weight excluding hydrogens is 285 g/mol. The quantitative estimate of drug-likeness (QED) is 0.492. The summed E-state index contributed by atoms with van der Waals surface area (Å²) in [4.78, 5) is 0. The normalized spacial score (nSPS) is 12.7. The Bertz CT molecular complexity index is 749. The van der Waals surface area contributed by atoms with Crippen molar-refractivity contribution in [1.82, 2.24) is 0 Å². The van der Waals surface area contributed by atoms with Crippen LogP contribution in [0.2, 0.25) is 0 Å². The fraction of sp³-hybridized carbons (Fsp3) is 0. The fourth-order valence-corrected chi connectivity index (χ4v) is 4.50. The molecule has 3 aromatic rings. The molecule has 0 aromatic heterocycles. The molecule has 1 N–H and O–H groups in total. The molecule has 1 heterocycles. The van der Waals surface area contributed by atoms with Gasteiger partial charge in [0.05, 0.1) is 0 Å². The summed E-state index contributed by atoms with van der Waals surface area (Å²) in [5.41, 5.74) is 2.56. The van der Waals surface area contributed by atoms with Crippen LogP contribution in [0.15, 0.2) is 60.7 Å². The van der Waals surface area contributed by atoms with Gasteiger partial charge in [-0.05, 0) is 0 Å². The van der Waals surface area contributed by atoms with Crippen LogP contribution in [0.4, 0.5) is 11.4 Å². The fourth-order valence-electron chi connectivity index (χ4n) is 2.38. The standard InChI is InChI=1S/C16H11NSe/c1-2-6-12-11(5-1)9-10-15-16(12)17-13-7-3-4-8-14(13)18-15/h1-10,17H. The van der Waals surface area contributed by atoms with Gasteiger partial charge < -0.3 is 0 Å². The average Bonchev–Trinajstić information content (AvgIpc) is 2.45. The van der Waals surface area contributed by atoms with E-state index in [2.05, 4.69) is 66.0 Å². The zero-order valence-electron chi connectivity index (χ0n) is 9.68.